The smallest absolute Gasteiger partial charge is 0.162 e. The Kier molecular flexibility index (Phi) is 5.78. The quantitative estimate of drug-likeness (QED) is 0.787. The number of methoxy groups -OCH3 is 1. The standard InChI is InChI=1S/C8H7BrO2.C5H10O2/c1-11-7-2-3-8(9)6(4-7)5-10;1-5(2)6-3-4-7-5/h2-5H,1H3;3-4H2,1-2H3. The number of hydrogen-bond donors (Lipinski definition) is 0. The molecular weight excluding hydrogens is 300 g/mol. The number of hydrogen-bond acceptors (Lipinski definition) is 4. The summed E-state index contributed by atoms with van der Waals surface area (Å²) in [6, 6.07) is 5.25. The van der Waals surface area contributed by atoms with E-state index in [1.54, 1.807) is 25.3 Å². The molecule has 1 aromatic carbocycles. The Balaban J connectivity index is 0.000000199. The van der Waals surface area contributed by atoms with Gasteiger partial charge in [0.1, 0.15) is 5.75 Å². The summed E-state index contributed by atoms with van der Waals surface area (Å²) in [4.78, 5) is 10.4. The molecule has 0 amide bonds. The molecule has 0 unspecified atom stereocenters. The lowest BCUT2D eigenvalue weighted by Gasteiger charge is -2.13. The number of ether oxygens (including phenoxy) is 3. The fourth-order valence-corrected chi connectivity index (χ4v) is 1.70. The first-order valence-corrected chi connectivity index (χ1v) is 6.34. The molecule has 1 saturated heterocycles. The maximum atomic E-state index is 10.4. The molecule has 1 aliphatic rings. The minimum Gasteiger partial charge on any atom is -0.497 e. The number of carbonyl (C=O) groups is 1. The van der Waals surface area contributed by atoms with E-state index in [1.165, 1.54) is 0 Å². The first kappa shape index (κ1) is 15.1. The van der Waals surface area contributed by atoms with Gasteiger partial charge in [-0.25, -0.2) is 0 Å². The number of halogens is 1. The minimum atomic E-state index is -0.306. The van der Waals surface area contributed by atoms with Crippen LogP contribution in [0.1, 0.15) is 24.2 Å². The summed E-state index contributed by atoms with van der Waals surface area (Å²) in [7, 11) is 1.57. The zero-order valence-corrected chi connectivity index (χ0v) is 12.3. The van der Waals surface area contributed by atoms with Crippen molar-refractivity contribution in [2.75, 3.05) is 20.3 Å². The summed E-state index contributed by atoms with van der Waals surface area (Å²) < 4.78 is 16.0. The highest BCUT2D eigenvalue weighted by molar-refractivity contribution is 9.10. The molecule has 0 aliphatic carbocycles. The number of rotatable bonds is 2. The molecule has 100 valence electrons. The highest BCUT2D eigenvalue weighted by Gasteiger charge is 2.23. The van der Waals surface area contributed by atoms with Crippen LogP contribution >= 0.6 is 15.9 Å². The summed E-state index contributed by atoms with van der Waals surface area (Å²) in [6.07, 6.45) is 0.784. The van der Waals surface area contributed by atoms with Crippen LogP contribution in [0.4, 0.5) is 0 Å². The lowest BCUT2D eigenvalue weighted by molar-refractivity contribution is -0.125. The third-order valence-corrected chi connectivity index (χ3v) is 3.03. The second-order valence-electron chi connectivity index (χ2n) is 4.10. The molecule has 5 heteroatoms. The first-order chi connectivity index (χ1) is 8.48. The summed E-state index contributed by atoms with van der Waals surface area (Å²) in [5.74, 6) is 0.385. The second kappa shape index (κ2) is 6.87. The molecule has 0 aromatic heterocycles. The summed E-state index contributed by atoms with van der Waals surface area (Å²) >= 11 is 3.23. The largest absolute Gasteiger partial charge is 0.497 e. The summed E-state index contributed by atoms with van der Waals surface area (Å²) in [5.41, 5.74) is 0.601. The van der Waals surface area contributed by atoms with Crippen molar-refractivity contribution in [1.82, 2.24) is 0 Å². The lowest BCUT2D eigenvalue weighted by Crippen LogP contribution is -2.18. The molecule has 0 saturated carbocycles. The van der Waals surface area contributed by atoms with Gasteiger partial charge in [-0.3, -0.25) is 4.79 Å². The zero-order chi connectivity index (χ0) is 13.6. The Bertz CT molecular complexity index is 396. The van der Waals surface area contributed by atoms with Gasteiger partial charge in [0, 0.05) is 10.0 Å². The molecule has 0 N–H and O–H groups in total. The van der Waals surface area contributed by atoms with E-state index in [-0.39, 0.29) is 5.79 Å². The Labute approximate surface area is 115 Å². The van der Waals surface area contributed by atoms with E-state index in [0.29, 0.717) is 11.3 Å². The van der Waals surface area contributed by atoms with Crippen molar-refractivity contribution in [2.24, 2.45) is 0 Å². The summed E-state index contributed by atoms with van der Waals surface area (Å²) in [5, 5.41) is 0. The third-order valence-electron chi connectivity index (χ3n) is 2.31. The third kappa shape index (κ3) is 4.76. The van der Waals surface area contributed by atoms with Gasteiger partial charge in [-0.15, -0.1) is 0 Å². The number of benzene rings is 1. The van der Waals surface area contributed by atoms with Crippen LogP contribution in [0, 0.1) is 0 Å². The van der Waals surface area contributed by atoms with Gasteiger partial charge in [0.25, 0.3) is 0 Å². The first-order valence-electron chi connectivity index (χ1n) is 5.55. The molecule has 0 spiro atoms. The van der Waals surface area contributed by atoms with Gasteiger partial charge in [-0.1, -0.05) is 15.9 Å². The van der Waals surface area contributed by atoms with Crippen molar-refractivity contribution < 1.29 is 19.0 Å². The van der Waals surface area contributed by atoms with Crippen molar-refractivity contribution in [3.8, 4) is 5.75 Å². The molecule has 4 nitrogen and oxygen atoms in total. The van der Waals surface area contributed by atoms with Crippen LogP contribution in [0.3, 0.4) is 0 Å². The van der Waals surface area contributed by atoms with E-state index in [2.05, 4.69) is 15.9 Å². The van der Waals surface area contributed by atoms with E-state index < -0.39 is 0 Å². The average molecular weight is 317 g/mol. The fourth-order valence-electron chi connectivity index (χ4n) is 1.36. The Hall–Kier alpha value is -0.910. The van der Waals surface area contributed by atoms with Gasteiger partial charge in [-0.2, -0.15) is 0 Å². The van der Waals surface area contributed by atoms with Crippen LogP contribution in [0.25, 0.3) is 0 Å². The van der Waals surface area contributed by atoms with Gasteiger partial charge < -0.3 is 14.2 Å². The minimum absolute atomic E-state index is 0.306. The van der Waals surface area contributed by atoms with Crippen LogP contribution in [0.5, 0.6) is 5.75 Å². The van der Waals surface area contributed by atoms with Crippen LogP contribution in [0.15, 0.2) is 22.7 Å². The van der Waals surface area contributed by atoms with Gasteiger partial charge in [0.05, 0.1) is 20.3 Å². The van der Waals surface area contributed by atoms with E-state index in [0.717, 1.165) is 24.0 Å². The van der Waals surface area contributed by atoms with E-state index in [9.17, 15) is 4.79 Å². The number of carbonyl (C=O) groups excluding carboxylic acids is 1. The van der Waals surface area contributed by atoms with Crippen molar-refractivity contribution >= 4 is 22.2 Å². The van der Waals surface area contributed by atoms with Crippen molar-refractivity contribution in [3.63, 3.8) is 0 Å². The number of aldehydes is 1. The van der Waals surface area contributed by atoms with Crippen LogP contribution < -0.4 is 4.74 Å². The Morgan fingerprint density at radius 3 is 2.33 bits per heavy atom. The normalized spacial score (nSPS) is 16.7. The van der Waals surface area contributed by atoms with Crippen molar-refractivity contribution in [2.45, 2.75) is 19.6 Å². The SMILES string of the molecule is CC1(C)OCCO1.COc1ccc(Br)c(C=O)c1. The van der Waals surface area contributed by atoms with Crippen molar-refractivity contribution in [3.05, 3.63) is 28.2 Å². The Morgan fingerprint density at radius 2 is 1.94 bits per heavy atom. The lowest BCUT2D eigenvalue weighted by atomic mass is 10.2. The molecule has 2 rings (SSSR count). The van der Waals surface area contributed by atoms with E-state index in [4.69, 9.17) is 14.2 Å². The predicted octanol–water partition coefficient (Wildman–Crippen LogP) is 3.04. The van der Waals surface area contributed by atoms with Gasteiger partial charge >= 0.3 is 0 Å². The second-order valence-corrected chi connectivity index (χ2v) is 4.96. The molecule has 1 heterocycles. The predicted molar refractivity (Wildman–Crippen MR) is 72.1 cm³/mol. The highest BCUT2D eigenvalue weighted by atomic mass is 79.9. The molecule has 1 fully saturated rings. The highest BCUT2D eigenvalue weighted by Crippen LogP contribution is 2.20. The average Bonchev–Trinajstić information content (AvgIpc) is 2.75. The van der Waals surface area contributed by atoms with Gasteiger partial charge in [0.15, 0.2) is 12.1 Å². The van der Waals surface area contributed by atoms with Crippen molar-refractivity contribution in [1.29, 1.82) is 0 Å². The van der Waals surface area contributed by atoms with Crippen LogP contribution in [-0.2, 0) is 9.47 Å². The molecule has 0 atom stereocenters. The molecule has 0 bridgehead atoms. The topological polar surface area (TPSA) is 44.8 Å². The fraction of sp³-hybridized carbons (Fsp3) is 0.462. The van der Waals surface area contributed by atoms with E-state index >= 15 is 0 Å². The maximum Gasteiger partial charge on any atom is 0.162 e. The molecular formula is C13H17BrO4. The van der Waals surface area contributed by atoms with Crippen LogP contribution in [0.2, 0.25) is 0 Å². The van der Waals surface area contributed by atoms with Crippen LogP contribution in [-0.4, -0.2) is 32.4 Å². The van der Waals surface area contributed by atoms with Gasteiger partial charge in [-0.05, 0) is 32.0 Å². The maximum absolute atomic E-state index is 10.4. The van der Waals surface area contributed by atoms with Gasteiger partial charge in [0.2, 0.25) is 0 Å². The Morgan fingerprint density at radius 1 is 1.33 bits per heavy atom. The zero-order valence-electron chi connectivity index (χ0n) is 10.7. The molecule has 0 radical (unpaired) electrons. The van der Waals surface area contributed by atoms with E-state index in [1.807, 2.05) is 13.8 Å². The summed E-state index contributed by atoms with van der Waals surface area (Å²) in [6.45, 7) is 5.32. The molecule has 18 heavy (non-hydrogen) atoms. The molecule has 1 aliphatic heterocycles. The molecule has 1 aromatic rings. The monoisotopic (exact) mass is 316 g/mol.